The fourth-order valence-electron chi connectivity index (χ4n) is 2.54. The number of alkyl halides is 1. The highest BCUT2D eigenvalue weighted by Gasteiger charge is 2.39. The van der Waals surface area contributed by atoms with Crippen LogP contribution in [0.15, 0.2) is 55.1 Å². The molecule has 0 bridgehead atoms. The molecule has 1 heterocycles. The summed E-state index contributed by atoms with van der Waals surface area (Å²) in [5.41, 5.74) is -1.61. The third kappa shape index (κ3) is 4.90. The van der Waals surface area contributed by atoms with E-state index >= 15 is 0 Å². The van der Waals surface area contributed by atoms with Gasteiger partial charge in [0.25, 0.3) is 0 Å². The molecular weight excluding hydrogens is 416 g/mol. The number of hydrogen-bond acceptors (Lipinski definition) is 4. The van der Waals surface area contributed by atoms with Gasteiger partial charge in [-0.1, -0.05) is 29.3 Å². The third-order valence-corrected chi connectivity index (χ3v) is 4.55. The molecule has 0 saturated heterocycles. The lowest BCUT2D eigenvalue weighted by atomic mass is 9.89. The van der Waals surface area contributed by atoms with Gasteiger partial charge in [0.05, 0.1) is 11.6 Å². The molecule has 0 amide bonds. The van der Waals surface area contributed by atoms with Crippen molar-refractivity contribution in [3.05, 3.63) is 70.7 Å². The van der Waals surface area contributed by atoms with Crippen LogP contribution in [0.5, 0.6) is 11.5 Å². The predicted molar refractivity (Wildman–Crippen MR) is 105 cm³/mol. The molecule has 1 aromatic heterocycles. The lowest BCUT2D eigenvalue weighted by molar-refractivity contribution is -0.0498. The molecule has 2 atom stereocenters. The van der Waals surface area contributed by atoms with Gasteiger partial charge in [-0.25, -0.2) is 14.1 Å². The van der Waals surface area contributed by atoms with E-state index in [2.05, 4.69) is 10.1 Å². The molecule has 0 aliphatic carbocycles. The monoisotopic (exact) mass is 431 g/mol. The molecule has 0 aliphatic heterocycles. The molecule has 9 heteroatoms. The van der Waals surface area contributed by atoms with Crippen molar-refractivity contribution in [3.8, 4) is 11.5 Å². The Hall–Kier alpha value is -1.86. The van der Waals surface area contributed by atoms with Crippen molar-refractivity contribution in [2.24, 2.45) is 0 Å². The standard InChI is InChI=1S/C18H16Cl2FN3O2.ClH/c1-12(21)18(25,9-24-11-22-10-23-24)16-7-6-15(8-17(16)20)26-14-4-2-13(19)3-5-14;/h2-8,10-12,25H,9H2,1H3;1H/t12-,18?;/m1./s1. The first-order valence-electron chi connectivity index (χ1n) is 7.81. The maximum atomic E-state index is 14.3. The Kier molecular flexibility index (Phi) is 7.06. The summed E-state index contributed by atoms with van der Waals surface area (Å²) in [4.78, 5) is 3.80. The summed E-state index contributed by atoms with van der Waals surface area (Å²) in [5, 5.41) is 15.6. The normalized spacial score (nSPS) is 14.1. The molecule has 3 aromatic rings. The summed E-state index contributed by atoms with van der Waals surface area (Å²) >= 11 is 12.2. The van der Waals surface area contributed by atoms with Crippen LogP contribution in [0.2, 0.25) is 10.0 Å². The molecule has 1 N–H and O–H groups in total. The average Bonchev–Trinajstić information content (AvgIpc) is 3.09. The van der Waals surface area contributed by atoms with Crippen molar-refractivity contribution in [1.82, 2.24) is 14.8 Å². The Labute approximate surface area is 172 Å². The zero-order chi connectivity index (χ0) is 18.7. The Bertz CT molecular complexity index is 876. The van der Waals surface area contributed by atoms with Crippen LogP contribution in [-0.2, 0) is 12.1 Å². The van der Waals surface area contributed by atoms with E-state index in [0.717, 1.165) is 0 Å². The van der Waals surface area contributed by atoms with E-state index in [1.807, 2.05) is 0 Å². The van der Waals surface area contributed by atoms with E-state index in [4.69, 9.17) is 27.9 Å². The van der Waals surface area contributed by atoms with Crippen LogP contribution < -0.4 is 4.74 Å². The Morgan fingerprint density at radius 1 is 1.19 bits per heavy atom. The average molecular weight is 433 g/mol. The summed E-state index contributed by atoms with van der Waals surface area (Å²) < 4.78 is 21.3. The first-order valence-corrected chi connectivity index (χ1v) is 8.56. The molecule has 3 rings (SSSR count). The highest BCUT2D eigenvalue weighted by atomic mass is 35.5. The summed E-state index contributed by atoms with van der Waals surface area (Å²) in [6.07, 6.45) is 1.13. The minimum Gasteiger partial charge on any atom is -0.457 e. The number of rotatable bonds is 6. The second-order valence-electron chi connectivity index (χ2n) is 5.83. The molecule has 0 saturated carbocycles. The zero-order valence-corrected chi connectivity index (χ0v) is 16.5. The number of nitrogens with zero attached hydrogens (tertiary/aromatic N) is 3. The van der Waals surface area contributed by atoms with E-state index < -0.39 is 11.8 Å². The molecule has 0 fully saturated rings. The van der Waals surface area contributed by atoms with Gasteiger partial charge in [0, 0.05) is 10.6 Å². The van der Waals surface area contributed by atoms with Gasteiger partial charge in [0.15, 0.2) is 0 Å². The Morgan fingerprint density at radius 2 is 1.85 bits per heavy atom. The highest BCUT2D eigenvalue weighted by Crippen LogP contribution is 2.37. The van der Waals surface area contributed by atoms with E-state index in [1.54, 1.807) is 36.4 Å². The van der Waals surface area contributed by atoms with Crippen molar-refractivity contribution in [3.63, 3.8) is 0 Å². The molecule has 144 valence electrons. The van der Waals surface area contributed by atoms with Crippen molar-refractivity contribution in [1.29, 1.82) is 0 Å². The molecule has 1 unspecified atom stereocenters. The topological polar surface area (TPSA) is 60.2 Å². The van der Waals surface area contributed by atoms with Crippen molar-refractivity contribution >= 4 is 35.6 Å². The van der Waals surface area contributed by atoms with Gasteiger partial charge in [-0.05, 0) is 43.3 Å². The van der Waals surface area contributed by atoms with E-state index in [-0.39, 0.29) is 29.5 Å². The molecule has 0 radical (unpaired) electrons. The number of aromatic nitrogens is 3. The maximum Gasteiger partial charge on any atom is 0.141 e. The van der Waals surface area contributed by atoms with Crippen molar-refractivity contribution in [2.75, 3.05) is 0 Å². The molecule has 0 aliphatic rings. The van der Waals surface area contributed by atoms with Crippen LogP contribution in [-0.4, -0.2) is 26.0 Å². The van der Waals surface area contributed by atoms with Crippen LogP contribution in [0.1, 0.15) is 12.5 Å². The van der Waals surface area contributed by atoms with Gasteiger partial charge in [-0.15, -0.1) is 12.4 Å². The molecule has 2 aromatic carbocycles. The first-order chi connectivity index (χ1) is 12.4. The fourth-order valence-corrected chi connectivity index (χ4v) is 3.00. The Balaban J connectivity index is 0.00000261. The largest absolute Gasteiger partial charge is 0.457 e. The van der Waals surface area contributed by atoms with E-state index in [1.165, 1.54) is 30.3 Å². The summed E-state index contributed by atoms with van der Waals surface area (Å²) in [6, 6.07) is 11.5. The van der Waals surface area contributed by atoms with Crippen molar-refractivity contribution in [2.45, 2.75) is 25.2 Å². The second kappa shape index (κ2) is 8.89. The SMILES string of the molecule is C[C@@H](F)C(O)(Cn1cncn1)c1ccc(Oc2ccc(Cl)cc2)cc1Cl.Cl. The van der Waals surface area contributed by atoms with Gasteiger partial charge >= 0.3 is 0 Å². The number of aliphatic hydroxyl groups is 1. The number of halogens is 4. The first kappa shape index (κ1) is 21.4. The number of ether oxygens (including phenoxy) is 1. The van der Waals surface area contributed by atoms with Crippen LogP contribution in [0, 0.1) is 0 Å². The fraction of sp³-hybridized carbons (Fsp3) is 0.222. The van der Waals surface area contributed by atoms with Crippen LogP contribution in [0.3, 0.4) is 0 Å². The smallest absolute Gasteiger partial charge is 0.141 e. The van der Waals surface area contributed by atoms with Gasteiger partial charge in [-0.3, -0.25) is 0 Å². The van der Waals surface area contributed by atoms with E-state index in [9.17, 15) is 9.50 Å². The van der Waals surface area contributed by atoms with Gasteiger partial charge in [-0.2, -0.15) is 5.10 Å². The highest BCUT2D eigenvalue weighted by molar-refractivity contribution is 6.31. The zero-order valence-electron chi connectivity index (χ0n) is 14.2. The maximum absolute atomic E-state index is 14.3. The molecule has 5 nitrogen and oxygen atoms in total. The minimum atomic E-state index is -1.86. The quantitative estimate of drug-likeness (QED) is 0.592. The lowest BCUT2D eigenvalue weighted by Gasteiger charge is -2.31. The lowest BCUT2D eigenvalue weighted by Crippen LogP contribution is -2.40. The summed E-state index contributed by atoms with van der Waals surface area (Å²) in [7, 11) is 0. The Morgan fingerprint density at radius 3 is 2.41 bits per heavy atom. The second-order valence-corrected chi connectivity index (χ2v) is 6.67. The number of hydrogen-bond donors (Lipinski definition) is 1. The van der Waals surface area contributed by atoms with Crippen LogP contribution in [0.4, 0.5) is 4.39 Å². The third-order valence-electron chi connectivity index (χ3n) is 3.98. The summed E-state index contributed by atoms with van der Waals surface area (Å²) in [5.74, 6) is 1.03. The minimum absolute atomic E-state index is 0. The van der Waals surface area contributed by atoms with Crippen LogP contribution >= 0.6 is 35.6 Å². The van der Waals surface area contributed by atoms with Gasteiger partial charge in [0.2, 0.25) is 0 Å². The van der Waals surface area contributed by atoms with E-state index in [0.29, 0.717) is 16.5 Å². The molecule has 27 heavy (non-hydrogen) atoms. The molecular formula is C18H17Cl3FN3O2. The molecule has 0 spiro atoms. The predicted octanol–water partition coefficient (Wildman–Crippen LogP) is 5.04. The van der Waals surface area contributed by atoms with Gasteiger partial charge < -0.3 is 9.84 Å². The summed E-state index contributed by atoms with van der Waals surface area (Å²) in [6.45, 7) is 1.15. The van der Waals surface area contributed by atoms with Crippen LogP contribution in [0.25, 0.3) is 0 Å². The van der Waals surface area contributed by atoms with Crippen molar-refractivity contribution < 1.29 is 14.2 Å². The number of benzene rings is 2. The van der Waals surface area contributed by atoms with Gasteiger partial charge in [0.1, 0.15) is 35.9 Å².